The van der Waals surface area contributed by atoms with Crippen LogP contribution in [0.1, 0.15) is 19.3 Å². The van der Waals surface area contributed by atoms with Gasteiger partial charge in [0.2, 0.25) is 0 Å². The summed E-state index contributed by atoms with van der Waals surface area (Å²) in [5, 5.41) is 16.9. The van der Waals surface area contributed by atoms with Crippen LogP contribution in [0, 0.1) is 22.7 Å². The molecule has 0 amide bonds. The number of ether oxygens (including phenoxy) is 1. The molecule has 0 heterocycles. The number of nitrogens with zero attached hydrogens (tertiary/aromatic N) is 3. The summed E-state index contributed by atoms with van der Waals surface area (Å²) in [5.41, 5.74) is 0. The molecule has 82 valence electrons. The van der Waals surface area contributed by atoms with Gasteiger partial charge in [-0.15, -0.1) is 0 Å². The first kappa shape index (κ1) is 13.4. The predicted molar refractivity (Wildman–Crippen MR) is 53.5 cm³/mol. The van der Waals surface area contributed by atoms with E-state index in [2.05, 4.69) is 16.9 Å². The molecule has 0 aromatic rings. The summed E-state index contributed by atoms with van der Waals surface area (Å²) in [4.78, 5) is 11.9. The van der Waals surface area contributed by atoms with Gasteiger partial charge in [-0.2, -0.15) is 10.5 Å². The molecule has 0 aliphatic heterocycles. The first-order valence-corrected chi connectivity index (χ1v) is 4.86. The highest BCUT2D eigenvalue weighted by molar-refractivity contribution is 5.36. The minimum absolute atomic E-state index is 0.388. The SMILES string of the molecule is N#CCCN(CCC#N)CCCOC=O. The molecular formula is C10H15N3O2. The van der Waals surface area contributed by atoms with E-state index in [4.69, 9.17) is 10.5 Å². The molecule has 0 fully saturated rings. The lowest BCUT2D eigenvalue weighted by molar-refractivity contribution is -0.128. The Kier molecular flexibility index (Phi) is 9.38. The Balaban J connectivity index is 3.65. The van der Waals surface area contributed by atoms with Crippen LogP contribution in [0.25, 0.3) is 0 Å². The van der Waals surface area contributed by atoms with Crippen molar-refractivity contribution >= 4 is 6.47 Å². The Morgan fingerprint density at radius 3 is 2.20 bits per heavy atom. The van der Waals surface area contributed by atoms with Gasteiger partial charge in [-0.1, -0.05) is 0 Å². The van der Waals surface area contributed by atoms with E-state index in [-0.39, 0.29) is 0 Å². The third kappa shape index (κ3) is 8.73. The minimum Gasteiger partial charge on any atom is -0.468 e. The van der Waals surface area contributed by atoms with Crippen molar-refractivity contribution in [1.82, 2.24) is 4.90 Å². The average Bonchev–Trinajstić information content (AvgIpc) is 2.27. The summed E-state index contributed by atoms with van der Waals surface area (Å²) in [6.45, 7) is 2.89. The summed E-state index contributed by atoms with van der Waals surface area (Å²) in [6, 6.07) is 4.13. The van der Waals surface area contributed by atoms with Crippen molar-refractivity contribution in [2.75, 3.05) is 26.2 Å². The summed E-state index contributed by atoms with van der Waals surface area (Å²) < 4.78 is 4.56. The van der Waals surface area contributed by atoms with E-state index in [1.54, 1.807) is 0 Å². The molecule has 5 heteroatoms. The molecule has 0 aliphatic rings. The lowest BCUT2D eigenvalue weighted by Crippen LogP contribution is -2.27. The molecule has 0 N–H and O–H groups in total. The largest absolute Gasteiger partial charge is 0.468 e. The molecule has 0 aliphatic carbocycles. The van der Waals surface area contributed by atoms with Crippen LogP contribution in [0.5, 0.6) is 0 Å². The summed E-state index contributed by atoms with van der Waals surface area (Å²) >= 11 is 0. The zero-order chi connectivity index (χ0) is 11.4. The van der Waals surface area contributed by atoms with Gasteiger partial charge in [0.1, 0.15) is 0 Å². The number of nitriles is 2. The Hall–Kier alpha value is -1.59. The van der Waals surface area contributed by atoms with Crippen molar-refractivity contribution in [3.63, 3.8) is 0 Å². The maximum Gasteiger partial charge on any atom is 0.293 e. The van der Waals surface area contributed by atoms with E-state index in [1.165, 1.54) is 0 Å². The van der Waals surface area contributed by atoms with Crippen LogP contribution in [0.2, 0.25) is 0 Å². The van der Waals surface area contributed by atoms with Gasteiger partial charge < -0.3 is 9.64 Å². The Bertz CT molecular complexity index is 224. The predicted octanol–water partition coefficient (Wildman–Crippen LogP) is 0.679. The monoisotopic (exact) mass is 209 g/mol. The zero-order valence-corrected chi connectivity index (χ0v) is 8.69. The van der Waals surface area contributed by atoms with Crippen molar-refractivity contribution in [3.05, 3.63) is 0 Å². The lowest BCUT2D eigenvalue weighted by Gasteiger charge is -2.19. The minimum atomic E-state index is 0.388. The maximum atomic E-state index is 9.87. The molecular weight excluding hydrogens is 194 g/mol. The second-order valence-electron chi connectivity index (χ2n) is 2.98. The number of rotatable bonds is 9. The molecule has 0 saturated heterocycles. The average molecular weight is 209 g/mol. The van der Waals surface area contributed by atoms with Crippen LogP contribution in [-0.4, -0.2) is 37.6 Å². The van der Waals surface area contributed by atoms with Crippen LogP contribution in [0.3, 0.4) is 0 Å². The topological polar surface area (TPSA) is 77.1 Å². The Labute approximate surface area is 89.8 Å². The zero-order valence-electron chi connectivity index (χ0n) is 8.69. The van der Waals surface area contributed by atoms with Crippen LogP contribution < -0.4 is 0 Å². The van der Waals surface area contributed by atoms with E-state index in [9.17, 15) is 4.79 Å². The molecule has 0 bridgehead atoms. The highest BCUT2D eigenvalue weighted by atomic mass is 16.5. The highest BCUT2D eigenvalue weighted by Crippen LogP contribution is 1.96. The molecule has 0 aromatic carbocycles. The quantitative estimate of drug-likeness (QED) is 0.412. The molecule has 5 nitrogen and oxygen atoms in total. The van der Waals surface area contributed by atoms with Gasteiger partial charge in [-0.3, -0.25) is 4.79 Å². The van der Waals surface area contributed by atoms with Gasteiger partial charge in [0.15, 0.2) is 0 Å². The fourth-order valence-electron chi connectivity index (χ4n) is 1.17. The maximum absolute atomic E-state index is 9.87. The summed E-state index contributed by atoms with van der Waals surface area (Å²) in [6.07, 6.45) is 1.65. The summed E-state index contributed by atoms with van der Waals surface area (Å²) in [7, 11) is 0. The van der Waals surface area contributed by atoms with Crippen LogP contribution >= 0.6 is 0 Å². The van der Waals surface area contributed by atoms with E-state index in [1.807, 2.05) is 4.90 Å². The Morgan fingerprint density at radius 2 is 1.73 bits per heavy atom. The van der Waals surface area contributed by atoms with Crippen molar-refractivity contribution in [2.45, 2.75) is 19.3 Å². The van der Waals surface area contributed by atoms with Crippen LogP contribution in [0.4, 0.5) is 0 Å². The second kappa shape index (κ2) is 10.5. The van der Waals surface area contributed by atoms with Crippen molar-refractivity contribution in [2.24, 2.45) is 0 Å². The van der Waals surface area contributed by atoms with Crippen molar-refractivity contribution in [3.8, 4) is 12.1 Å². The van der Waals surface area contributed by atoms with Crippen molar-refractivity contribution < 1.29 is 9.53 Å². The number of hydrogen-bond donors (Lipinski definition) is 0. The van der Waals surface area contributed by atoms with Crippen LogP contribution in [0.15, 0.2) is 0 Å². The lowest BCUT2D eigenvalue weighted by atomic mass is 10.3. The molecule has 0 saturated carbocycles. The number of carbonyl (C=O) groups is 1. The fraction of sp³-hybridized carbons (Fsp3) is 0.700. The molecule has 0 rings (SSSR count). The smallest absolute Gasteiger partial charge is 0.293 e. The van der Waals surface area contributed by atoms with E-state index < -0.39 is 0 Å². The molecule has 0 unspecified atom stereocenters. The molecule has 0 radical (unpaired) electrons. The van der Waals surface area contributed by atoms with E-state index >= 15 is 0 Å². The number of carbonyl (C=O) groups excluding carboxylic acids is 1. The Morgan fingerprint density at radius 1 is 1.13 bits per heavy atom. The first-order valence-electron chi connectivity index (χ1n) is 4.86. The number of hydrogen-bond acceptors (Lipinski definition) is 5. The van der Waals surface area contributed by atoms with E-state index in [0.29, 0.717) is 39.0 Å². The van der Waals surface area contributed by atoms with Gasteiger partial charge >= 0.3 is 0 Å². The standard InChI is InChI=1S/C10H15N3O2/c11-4-1-6-13(7-2-5-12)8-3-9-15-10-14/h10H,1-3,6-9H2. The fourth-order valence-corrected chi connectivity index (χ4v) is 1.17. The summed E-state index contributed by atoms with van der Waals surface area (Å²) in [5.74, 6) is 0. The molecule has 15 heavy (non-hydrogen) atoms. The van der Waals surface area contributed by atoms with Gasteiger partial charge in [-0.05, 0) is 6.42 Å². The van der Waals surface area contributed by atoms with Gasteiger partial charge in [0.25, 0.3) is 6.47 Å². The third-order valence-corrected chi connectivity index (χ3v) is 1.88. The van der Waals surface area contributed by atoms with Gasteiger partial charge in [0.05, 0.1) is 18.7 Å². The molecule has 0 aromatic heterocycles. The van der Waals surface area contributed by atoms with Gasteiger partial charge in [0, 0.05) is 32.5 Å². The van der Waals surface area contributed by atoms with Gasteiger partial charge in [-0.25, -0.2) is 0 Å². The normalized spacial score (nSPS) is 9.27. The first-order chi connectivity index (χ1) is 7.35. The van der Waals surface area contributed by atoms with Crippen LogP contribution in [-0.2, 0) is 9.53 Å². The highest BCUT2D eigenvalue weighted by Gasteiger charge is 2.03. The molecule has 0 atom stereocenters. The second-order valence-corrected chi connectivity index (χ2v) is 2.98. The molecule has 0 spiro atoms. The van der Waals surface area contributed by atoms with E-state index in [0.717, 1.165) is 13.0 Å². The third-order valence-electron chi connectivity index (χ3n) is 1.88. The van der Waals surface area contributed by atoms with Crippen molar-refractivity contribution in [1.29, 1.82) is 10.5 Å².